The summed E-state index contributed by atoms with van der Waals surface area (Å²) in [6.07, 6.45) is 4.59. The van der Waals surface area contributed by atoms with E-state index in [1.54, 1.807) is 0 Å². The summed E-state index contributed by atoms with van der Waals surface area (Å²) in [7, 11) is 0. The molecule has 3 rings (SSSR count). The van der Waals surface area contributed by atoms with Gasteiger partial charge in [0.25, 0.3) is 0 Å². The highest BCUT2D eigenvalue weighted by Gasteiger charge is 2.48. The Morgan fingerprint density at radius 3 is 2.58 bits per heavy atom. The molecule has 0 aliphatic heterocycles. The second-order valence-electron chi connectivity index (χ2n) is 8.76. The standard InChI is InChI=1S/C20H28BrNOS/c1-13-8-9-20(11-14(13)2)12-15-6-7-16(21)10-17(15)18(20)22-24(23)19(3,4)5/h6-7,10,13-14H,8-9,11-12H2,1-5H3/b22-18+/t13-,14-,20-,24+/m1/s1. The molecule has 0 radical (unpaired) electrons. The predicted molar refractivity (Wildman–Crippen MR) is 107 cm³/mol. The van der Waals surface area contributed by atoms with Gasteiger partial charge >= 0.3 is 0 Å². The van der Waals surface area contributed by atoms with E-state index in [1.165, 1.54) is 17.5 Å². The third-order valence-corrected chi connectivity index (χ3v) is 7.71. The van der Waals surface area contributed by atoms with Crippen molar-refractivity contribution in [1.29, 1.82) is 0 Å². The van der Waals surface area contributed by atoms with Crippen LogP contribution in [0.4, 0.5) is 0 Å². The first-order chi connectivity index (χ1) is 11.1. The van der Waals surface area contributed by atoms with Crippen LogP contribution in [-0.4, -0.2) is 15.0 Å². The third-order valence-electron chi connectivity index (χ3n) is 5.82. The van der Waals surface area contributed by atoms with Gasteiger partial charge in [-0.25, -0.2) is 0 Å². The van der Waals surface area contributed by atoms with Gasteiger partial charge in [0.15, 0.2) is 0 Å². The zero-order chi connectivity index (χ0) is 17.7. The molecule has 0 N–H and O–H groups in total. The molecule has 0 aromatic heterocycles. The van der Waals surface area contributed by atoms with Crippen molar-refractivity contribution in [3.63, 3.8) is 0 Å². The second kappa shape index (κ2) is 6.44. The van der Waals surface area contributed by atoms with Crippen molar-refractivity contribution in [2.45, 2.75) is 65.0 Å². The molecule has 1 aromatic carbocycles. The minimum Gasteiger partial charge on any atom is -0.591 e. The van der Waals surface area contributed by atoms with Gasteiger partial charge in [0.2, 0.25) is 0 Å². The summed E-state index contributed by atoms with van der Waals surface area (Å²) in [6.45, 7) is 10.7. The molecule has 24 heavy (non-hydrogen) atoms. The van der Waals surface area contributed by atoms with Crippen LogP contribution in [0.2, 0.25) is 0 Å². The van der Waals surface area contributed by atoms with Gasteiger partial charge in [-0.2, -0.15) is 0 Å². The molecule has 0 heterocycles. The summed E-state index contributed by atoms with van der Waals surface area (Å²) in [4.78, 5) is 0. The molecule has 2 aliphatic rings. The third kappa shape index (κ3) is 3.34. The van der Waals surface area contributed by atoms with Crippen molar-refractivity contribution in [1.82, 2.24) is 0 Å². The van der Waals surface area contributed by atoms with Crippen molar-refractivity contribution < 1.29 is 4.55 Å². The number of hydrogen-bond donors (Lipinski definition) is 0. The highest BCUT2D eigenvalue weighted by molar-refractivity contribution is 9.10. The maximum atomic E-state index is 12.8. The van der Waals surface area contributed by atoms with E-state index in [2.05, 4.69) is 48.0 Å². The zero-order valence-electron chi connectivity index (χ0n) is 15.4. The van der Waals surface area contributed by atoms with Crippen LogP contribution in [0.25, 0.3) is 0 Å². The lowest BCUT2D eigenvalue weighted by Gasteiger charge is -2.40. The number of halogens is 1. The first kappa shape index (κ1) is 18.5. The predicted octanol–water partition coefficient (Wildman–Crippen LogP) is 5.70. The fourth-order valence-electron chi connectivity index (χ4n) is 4.11. The largest absolute Gasteiger partial charge is 0.591 e. The lowest BCUT2D eigenvalue weighted by Crippen LogP contribution is -2.38. The van der Waals surface area contributed by atoms with E-state index in [0.29, 0.717) is 5.92 Å². The van der Waals surface area contributed by atoms with E-state index in [-0.39, 0.29) is 10.2 Å². The highest BCUT2D eigenvalue weighted by atomic mass is 79.9. The fourth-order valence-corrected chi connectivity index (χ4v) is 5.20. The molecule has 1 spiro atoms. The quantitative estimate of drug-likeness (QED) is 0.547. The van der Waals surface area contributed by atoms with Gasteiger partial charge < -0.3 is 4.55 Å². The molecule has 4 atom stereocenters. The van der Waals surface area contributed by atoms with E-state index in [0.717, 1.165) is 35.4 Å². The van der Waals surface area contributed by atoms with Crippen molar-refractivity contribution >= 4 is 33.0 Å². The smallest absolute Gasteiger partial charge is 0.144 e. The lowest BCUT2D eigenvalue weighted by atomic mass is 9.64. The Morgan fingerprint density at radius 2 is 1.96 bits per heavy atom. The highest BCUT2D eigenvalue weighted by Crippen LogP contribution is 2.51. The molecule has 2 aliphatic carbocycles. The molecular formula is C20H28BrNOS. The first-order valence-electron chi connectivity index (χ1n) is 8.92. The number of benzene rings is 1. The van der Waals surface area contributed by atoms with E-state index in [9.17, 15) is 4.55 Å². The van der Waals surface area contributed by atoms with Crippen LogP contribution < -0.4 is 0 Å². The molecule has 4 heteroatoms. The Hall–Kier alpha value is -0.320. The fraction of sp³-hybridized carbons (Fsp3) is 0.650. The Labute approximate surface area is 158 Å². The van der Waals surface area contributed by atoms with Crippen molar-refractivity contribution in [3.8, 4) is 0 Å². The Bertz CT molecular complexity index is 666. The van der Waals surface area contributed by atoms with Gasteiger partial charge in [0.05, 0.1) is 0 Å². The summed E-state index contributed by atoms with van der Waals surface area (Å²) in [5.41, 5.74) is 3.76. The molecular weight excluding hydrogens is 382 g/mol. The maximum Gasteiger partial charge on any atom is 0.144 e. The van der Waals surface area contributed by atoms with Crippen LogP contribution >= 0.6 is 15.9 Å². The van der Waals surface area contributed by atoms with Gasteiger partial charge in [-0.15, -0.1) is 0 Å². The number of nitrogens with zero attached hydrogens (tertiary/aromatic N) is 1. The number of rotatable bonds is 1. The summed E-state index contributed by atoms with van der Waals surface area (Å²) in [5.74, 6) is 1.45. The van der Waals surface area contributed by atoms with Gasteiger partial charge in [-0.3, -0.25) is 0 Å². The average Bonchev–Trinajstić information content (AvgIpc) is 2.76. The van der Waals surface area contributed by atoms with Crippen molar-refractivity contribution in [2.75, 3.05) is 0 Å². The van der Waals surface area contributed by atoms with E-state index in [4.69, 9.17) is 4.40 Å². The average molecular weight is 410 g/mol. The van der Waals surface area contributed by atoms with Crippen molar-refractivity contribution in [3.05, 3.63) is 33.8 Å². The molecule has 0 bridgehead atoms. The Morgan fingerprint density at radius 1 is 1.25 bits per heavy atom. The molecule has 1 saturated carbocycles. The normalized spacial score (nSPS) is 33.0. The molecule has 132 valence electrons. The van der Waals surface area contributed by atoms with Gasteiger partial charge in [0, 0.05) is 15.5 Å². The van der Waals surface area contributed by atoms with Crippen LogP contribution in [0.3, 0.4) is 0 Å². The summed E-state index contributed by atoms with van der Waals surface area (Å²) in [6, 6.07) is 6.50. The van der Waals surface area contributed by atoms with Crippen LogP contribution in [0.15, 0.2) is 27.1 Å². The lowest BCUT2D eigenvalue weighted by molar-refractivity contribution is 0.169. The van der Waals surface area contributed by atoms with Gasteiger partial charge in [-0.1, -0.05) is 40.2 Å². The van der Waals surface area contributed by atoms with Crippen molar-refractivity contribution in [2.24, 2.45) is 21.6 Å². The molecule has 0 unspecified atom stereocenters. The Balaban J connectivity index is 2.08. The van der Waals surface area contributed by atoms with E-state index < -0.39 is 11.4 Å². The Kier molecular flexibility index (Phi) is 4.96. The zero-order valence-corrected chi connectivity index (χ0v) is 17.8. The summed E-state index contributed by atoms with van der Waals surface area (Å²) < 4.78 is 18.4. The molecule has 1 aromatic rings. The van der Waals surface area contributed by atoms with Gasteiger partial charge in [0.1, 0.15) is 21.8 Å². The van der Waals surface area contributed by atoms with E-state index >= 15 is 0 Å². The maximum absolute atomic E-state index is 12.8. The summed E-state index contributed by atoms with van der Waals surface area (Å²) in [5, 5.41) is 0. The topological polar surface area (TPSA) is 35.4 Å². The number of hydrogen-bond acceptors (Lipinski definition) is 2. The van der Waals surface area contributed by atoms with E-state index in [1.807, 2.05) is 20.8 Å². The monoisotopic (exact) mass is 409 g/mol. The molecule has 2 nitrogen and oxygen atoms in total. The summed E-state index contributed by atoms with van der Waals surface area (Å²) >= 11 is 2.39. The van der Waals surface area contributed by atoms with Crippen LogP contribution in [0.5, 0.6) is 0 Å². The van der Waals surface area contributed by atoms with Crippen LogP contribution in [0, 0.1) is 17.3 Å². The molecule has 1 fully saturated rings. The second-order valence-corrected chi connectivity index (χ2v) is 11.6. The first-order valence-corrected chi connectivity index (χ1v) is 10.8. The van der Waals surface area contributed by atoms with Crippen LogP contribution in [0.1, 0.15) is 65.0 Å². The minimum absolute atomic E-state index is 0.0793. The molecule has 0 saturated heterocycles. The number of fused-ring (bicyclic) bond motifs is 1. The minimum atomic E-state index is -1.22. The van der Waals surface area contributed by atoms with Crippen LogP contribution in [-0.2, 0) is 17.8 Å². The SMILES string of the molecule is C[C@@H]1CC[C@]2(Cc3ccc(Br)cc3/C2=N\[S@@+]([O-])C(C)(C)C)C[C@H]1C. The van der Waals surface area contributed by atoms with Gasteiger partial charge in [-0.05, 0) is 76.0 Å². The molecule has 0 amide bonds.